The predicted octanol–water partition coefficient (Wildman–Crippen LogP) is 2.80. The molecule has 4 nitrogen and oxygen atoms in total. The number of benzene rings is 2. The number of rotatable bonds is 2. The number of piperidine rings is 1. The maximum absolute atomic E-state index is 13.4. The Morgan fingerprint density at radius 1 is 1.17 bits per heavy atom. The van der Waals surface area contributed by atoms with Crippen molar-refractivity contribution in [2.45, 2.75) is 35.2 Å². The van der Waals surface area contributed by atoms with E-state index in [1.165, 1.54) is 18.2 Å². The number of hydrogen-bond acceptors (Lipinski definition) is 4. The second-order valence-electron chi connectivity index (χ2n) is 6.37. The molecule has 1 fully saturated rings. The molecule has 0 bridgehead atoms. The van der Waals surface area contributed by atoms with Crippen molar-refractivity contribution in [1.29, 1.82) is 0 Å². The third-order valence-corrected chi connectivity index (χ3v) is 6.59. The zero-order valence-electron chi connectivity index (χ0n) is 13.3. The van der Waals surface area contributed by atoms with Gasteiger partial charge in [-0.05, 0) is 55.8 Å². The first-order valence-corrected chi connectivity index (χ1v) is 9.48. The Kier molecular flexibility index (Phi) is 3.62. The van der Waals surface area contributed by atoms with Crippen LogP contribution >= 0.6 is 0 Å². The highest BCUT2D eigenvalue weighted by Crippen LogP contribution is 2.42. The summed E-state index contributed by atoms with van der Waals surface area (Å²) < 4.78 is 45.0. The minimum absolute atomic E-state index is 0.0692. The van der Waals surface area contributed by atoms with Crippen molar-refractivity contribution in [1.82, 2.24) is 5.32 Å². The minimum Gasteiger partial charge on any atom is -0.488 e. The summed E-state index contributed by atoms with van der Waals surface area (Å²) in [6.07, 6.45) is 1.06. The molecule has 2 aliphatic rings. The summed E-state index contributed by atoms with van der Waals surface area (Å²) in [5.41, 5.74) is 1.39. The molecule has 1 saturated heterocycles. The molecular formula is C18H18FNO3S. The van der Waals surface area contributed by atoms with Crippen molar-refractivity contribution in [3.8, 4) is 5.75 Å². The van der Waals surface area contributed by atoms with E-state index in [1.807, 2.05) is 6.07 Å². The Hall–Kier alpha value is -1.92. The molecule has 2 aliphatic heterocycles. The van der Waals surface area contributed by atoms with Gasteiger partial charge in [-0.2, -0.15) is 0 Å². The first-order valence-electron chi connectivity index (χ1n) is 7.99. The first kappa shape index (κ1) is 15.6. The highest BCUT2D eigenvalue weighted by Gasteiger charge is 2.36. The topological polar surface area (TPSA) is 55.4 Å². The standard InChI is InChI=1S/C18H18FNO3S/c1-11-8-12(3-5-16(11)19)24(21,22)13-2-4-14-15-6-7-20-10-18(15)23-17(14)9-13/h2-5,8-9,15,18,20H,6-7,10H2,1H3. The molecule has 2 atom stereocenters. The molecule has 24 heavy (non-hydrogen) atoms. The van der Waals surface area contributed by atoms with Crippen molar-refractivity contribution in [3.05, 3.63) is 53.3 Å². The van der Waals surface area contributed by atoms with E-state index >= 15 is 0 Å². The van der Waals surface area contributed by atoms with Gasteiger partial charge in [0.25, 0.3) is 0 Å². The predicted molar refractivity (Wildman–Crippen MR) is 87.7 cm³/mol. The van der Waals surface area contributed by atoms with Gasteiger partial charge in [0.05, 0.1) is 9.79 Å². The van der Waals surface area contributed by atoms with Crippen LogP contribution in [-0.4, -0.2) is 27.6 Å². The van der Waals surface area contributed by atoms with E-state index in [1.54, 1.807) is 19.1 Å². The van der Waals surface area contributed by atoms with Crippen LogP contribution < -0.4 is 10.1 Å². The first-order chi connectivity index (χ1) is 11.5. The zero-order valence-corrected chi connectivity index (χ0v) is 14.1. The van der Waals surface area contributed by atoms with Crippen molar-refractivity contribution in [2.75, 3.05) is 13.1 Å². The highest BCUT2D eigenvalue weighted by atomic mass is 32.2. The van der Waals surface area contributed by atoms with Gasteiger partial charge in [0.2, 0.25) is 9.84 Å². The summed E-state index contributed by atoms with van der Waals surface area (Å²) in [7, 11) is -3.69. The van der Waals surface area contributed by atoms with E-state index in [2.05, 4.69) is 5.32 Å². The molecular weight excluding hydrogens is 329 g/mol. The Balaban J connectivity index is 1.74. The van der Waals surface area contributed by atoms with Gasteiger partial charge >= 0.3 is 0 Å². The van der Waals surface area contributed by atoms with Gasteiger partial charge in [-0.3, -0.25) is 0 Å². The lowest BCUT2D eigenvalue weighted by Crippen LogP contribution is -2.39. The summed E-state index contributed by atoms with van der Waals surface area (Å²) in [6, 6.07) is 8.93. The number of hydrogen-bond donors (Lipinski definition) is 1. The molecule has 2 heterocycles. The highest BCUT2D eigenvalue weighted by molar-refractivity contribution is 7.91. The summed E-state index contributed by atoms with van der Waals surface area (Å²) in [5.74, 6) is 0.558. The largest absolute Gasteiger partial charge is 0.488 e. The summed E-state index contributed by atoms with van der Waals surface area (Å²) in [6.45, 7) is 3.27. The lowest BCUT2D eigenvalue weighted by atomic mass is 9.90. The molecule has 6 heteroatoms. The van der Waals surface area contributed by atoms with Crippen molar-refractivity contribution >= 4 is 9.84 Å². The molecule has 0 saturated carbocycles. The third-order valence-electron chi connectivity index (χ3n) is 4.84. The van der Waals surface area contributed by atoms with E-state index < -0.39 is 15.7 Å². The zero-order chi connectivity index (χ0) is 16.9. The number of halogens is 1. The monoisotopic (exact) mass is 347 g/mol. The molecule has 0 aromatic heterocycles. The van der Waals surface area contributed by atoms with Crippen LogP contribution in [0.2, 0.25) is 0 Å². The van der Waals surface area contributed by atoms with Crippen LogP contribution in [0, 0.1) is 12.7 Å². The molecule has 4 rings (SSSR count). The Morgan fingerprint density at radius 2 is 1.92 bits per heavy atom. The van der Waals surface area contributed by atoms with Gasteiger partial charge in [-0.1, -0.05) is 6.07 Å². The summed E-state index contributed by atoms with van der Waals surface area (Å²) in [4.78, 5) is 0.275. The molecule has 0 amide bonds. The molecule has 0 aliphatic carbocycles. The van der Waals surface area contributed by atoms with Crippen LogP contribution in [0.25, 0.3) is 0 Å². The van der Waals surface area contributed by atoms with E-state index in [4.69, 9.17) is 4.74 Å². The van der Waals surface area contributed by atoms with E-state index in [9.17, 15) is 12.8 Å². The normalized spacial score (nSPS) is 22.6. The second-order valence-corrected chi connectivity index (χ2v) is 8.32. The SMILES string of the molecule is Cc1cc(S(=O)(=O)c2ccc3c(c2)OC2CNCCC32)ccc1F. The molecule has 0 spiro atoms. The molecule has 0 radical (unpaired) electrons. The van der Waals surface area contributed by atoms with E-state index in [0.29, 0.717) is 17.2 Å². The van der Waals surface area contributed by atoms with Gasteiger partial charge in [-0.25, -0.2) is 12.8 Å². The Labute approximate surface area is 140 Å². The summed E-state index contributed by atoms with van der Waals surface area (Å²) in [5, 5.41) is 3.29. The fraction of sp³-hybridized carbons (Fsp3) is 0.333. The number of aryl methyl sites for hydroxylation is 1. The minimum atomic E-state index is -3.69. The van der Waals surface area contributed by atoms with Crippen LogP contribution in [-0.2, 0) is 9.84 Å². The number of fused-ring (bicyclic) bond motifs is 3. The molecule has 1 N–H and O–H groups in total. The number of nitrogens with one attached hydrogen (secondary N) is 1. The lowest BCUT2D eigenvalue weighted by molar-refractivity contribution is 0.176. The average Bonchev–Trinajstić information content (AvgIpc) is 2.95. The fourth-order valence-electron chi connectivity index (χ4n) is 3.48. The van der Waals surface area contributed by atoms with Gasteiger partial charge in [0, 0.05) is 18.0 Å². The van der Waals surface area contributed by atoms with Crippen LogP contribution in [0.5, 0.6) is 5.75 Å². The smallest absolute Gasteiger partial charge is 0.206 e. The Morgan fingerprint density at radius 3 is 2.71 bits per heavy atom. The van der Waals surface area contributed by atoms with E-state index in [-0.39, 0.29) is 15.9 Å². The van der Waals surface area contributed by atoms with Crippen LogP contribution in [0.3, 0.4) is 0 Å². The van der Waals surface area contributed by atoms with Crippen molar-refractivity contribution < 1.29 is 17.5 Å². The lowest BCUT2D eigenvalue weighted by Gasteiger charge is -2.24. The second kappa shape index (κ2) is 5.57. The van der Waals surface area contributed by atoms with Crippen molar-refractivity contribution in [3.63, 3.8) is 0 Å². The van der Waals surface area contributed by atoms with Gasteiger partial charge < -0.3 is 10.1 Å². The Bertz CT molecular complexity index is 910. The van der Waals surface area contributed by atoms with Crippen molar-refractivity contribution in [2.24, 2.45) is 0 Å². The van der Waals surface area contributed by atoms with Crippen LogP contribution in [0.1, 0.15) is 23.5 Å². The van der Waals surface area contributed by atoms with Crippen LogP contribution in [0.15, 0.2) is 46.2 Å². The van der Waals surface area contributed by atoms with Gasteiger partial charge in [0.1, 0.15) is 17.7 Å². The molecule has 2 aromatic carbocycles. The maximum atomic E-state index is 13.4. The van der Waals surface area contributed by atoms with Gasteiger partial charge in [0.15, 0.2) is 0 Å². The number of ether oxygens (including phenoxy) is 1. The molecule has 2 aromatic rings. The maximum Gasteiger partial charge on any atom is 0.206 e. The third kappa shape index (κ3) is 2.41. The van der Waals surface area contributed by atoms with Gasteiger partial charge in [-0.15, -0.1) is 0 Å². The fourth-order valence-corrected chi connectivity index (χ4v) is 4.84. The molecule has 2 unspecified atom stereocenters. The van der Waals surface area contributed by atoms with Crippen LogP contribution in [0.4, 0.5) is 4.39 Å². The molecule has 126 valence electrons. The quantitative estimate of drug-likeness (QED) is 0.849. The summed E-state index contributed by atoms with van der Waals surface area (Å²) >= 11 is 0. The van der Waals surface area contributed by atoms with E-state index in [0.717, 1.165) is 25.1 Å². The average molecular weight is 347 g/mol. The number of sulfone groups is 1.